The number of benzene rings is 1. The molecule has 6 fully saturated rings. The molecule has 4 aliphatic carbocycles. The number of esters is 1. The number of aliphatic hydroxyl groups excluding tert-OH is 1. The Morgan fingerprint density at radius 3 is 2.59 bits per heavy atom. The van der Waals surface area contributed by atoms with Gasteiger partial charge in [-0.05, 0) is 48.3 Å². The smallest absolute Gasteiger partial charge is 0.338 e. The number of ether oxygens (including phenoxy) is 2. The summed E-state index contributed by atoms with van der Waals surface area (Å²) in [6.45, 7) is 7.96. The Labute approximate surface area is 198 Å². The first-order chi connectivity index (χ1) is 16.0. The van der Waals surface area contributed by atoms with Crippen LogP contribution in [-0.4, -0.2) is 52.4 Å². The van der Waals surface area contributed by atoms with Gasteiger partial charge in [-0.25, -0.2) is 4.79 Å². The topological polar surface area (TPSA) is 110 Å². The quantitative estimate of drug-likeness (QED) is 0.509. The van der Waals surface area contributed by atoms with E-state index in [9.17, 15) is 24.6 Å². The molecule has 2 unspecified atom stereocenters. The zero-order chi connectivity index (χ0) is 24.3. The molecule has 0 aromatic heterocycles. The minimum Gasteiger partial charge on any atom is -0.457 e. The molecule has 7 nitrogen and oxygen atoms in total. The van der Waals surface area contributed by atoms with Crippen LogP contribution >= 0.6 is 0 Å². The van der Waals surface area contributed by atoms with E-state index in [1.807, 2.05) is 13.8 Å². The van der Waals surface area contributed by atoms with Gasteiger partial charge in [-0.15, -0.1) is 0 Å². The van der Waals surface area contributed by atoms with E-state index >= 15 is 0 Å². The Morgan fingerprint density at radius 1 is 1.18 bits per heavy atom. The predicted molar refractivity (Wildman–Crippen MR) is 119 cm³/mol. The maximum atomic E-state index is 14.0. The zero-order valence-corrected chi connectivity index (χ0v) is 19.5. The van der Waals surface area contributed by atoms with Crippen molar-refractivity contribution in [3.05, 3.63) is 48.0 Å². The van der Waals surface area contributed by atoms with Crippen LogP contribution in [0.1, 0.15) is 49.9 Å². The average molecular weight is 467 g/mol. The zero-order valence-electron chi connectivity index (χ0n) is 19.5. The molecule has 6 aliphatic rings. The molecule has 1 aromatic carbocycles. The summed E-state index contributed by atoms with van der Waals surface area (Å²) in [6, 6.07) is 8.45. The van der Waals surface area contributed by atoms with Crippen molar-refractivity contribution in [1.29, 1.82) is 0 Å². The third-order valence-electron chi connectivity index (χ3n) is 9.86. The van der Waals surface area contributed by atoms with Crippen LogP contribution in [0.5, 0.6) is 0 Å². The van der Waals surface area contributed by atoms with Crippen molar-refractivity contribution in [2.45, 2.75) is 57.5 Å². The van der Waals surface area contributed by atoms with Crippen LogP contribution in [0.3, 0.4) is 0 Å². The first kappa shape index (κ1) is 22.1. The maximum Gasteiger partial charge on any atom is 0.338 e. The molecule has 2 aliphatic heterocycles. The number of ketones is 2. The molecule has 1 aromatic rings. The molecule has 2 heterocycles. The van der Waals surface area contributed by atoms with Crippen molar-refractivity contribution >= 4 is 17.5 Å². The highest BCUT2D eigenvalue weighted by atomic mass is 16.6. The SMILES string of the molecule is C=C1C(=O)C23[C@H](OC(=O)c4ccccc4)[C@H]1CC[C@H]2C12CO[C@@]3(O)[C@@H](O)[C@@H]1C(C)(C)CCC2=O. The van der Waals surface area contributed by atoms with E-state index in [1.165, 1.54) is 0 Å². The molecule has 2 spiro atoms. The molecule has 7 heteroatoms. The number of aliphatic hydroxyl groups is 2. The van der Waals surface area contributed by atoms with E-state index in [4.69, 9.17) is 9.47 Å². The second kappa shape index (κ2) is 6.65. The number of carbonyl (C=O) groups excluding carboxylic acids is 3. The van der Waals surface area contributed by atoms with Gasteiger partial charge in [-0.1, -0.05) is 38.6 Å². The Balaban J connectivity index is 1.55. The molecule has 4 bridgehead atoms. The highest BCUT2D eigenvalue weighted by Gasteiger charge is 2.88. The van der Waals surface area contributed by atoms with Crippen LogP contribution in [0.4, 0.5) is 0 Å². The number of hydrogen-bond acceptors (Lipinski definition) is 7. The molecule has 180 valence electrons. The van der Waals surface area contributed by atoms with E-state index in [1.54, 1.807) is 30.3 Å². The van der Waals surface area contributed by atoms with Gasteiger partial charge >= 0.3 is 5.97 Å². The van der Waals surface area contributed by atoms with Crippen molar-refractivity contribution in [2.24, 2.45) is 34.0 Å². The normalized spacial score (nSPS) is 46.1. The lowest BCUT2D eigenvalue weighted by atomic mass is 9.36. The molecule has 34 heavy (non-hydrogen) atoms. The number of hydrogen-bond donors (Lipinski definition) is 2. The first-order valence-corrected chi connectivity index (χ1v) is 12.1. The summed E-state index contributed by atoms with van der Waals surface area (Å²) in [7, 11) is 0. The van der Waals surface area contributed by atoms with Gasteiger partial charge in [0.25, 0.3) is 0 Å². The maximum absolute atomic E-state index is 14.0. The van der Waals surface area contributed by atoms with E-state index < -0.39 is 63.7 Å². The second-order valence-electron chi connectivity index (χ2n) is 11.5. The number of carbonyl (C=O) groups is 3. The van der Waals surface area contributed by atoms with E-state index in [2.05, 4.69) is 6.58 Å². The van der Waals surface area contributed by atoms with Crippen LogP contribution in [0.25, 0.3) is 0 Å². The summed E-state index contributed by atoms with van der Waals surface area (Å²) in [5.41, 5.74) is -2.76. The molecule has 0 amide bonds. The fourth-order valence-electron chi connectivity index (χ4n) is 8.52. The van der Waals surface area contributed by atoms with Gasteiger partial charge in [0.2, 0.25) is 5.79 Å². The lowest BCUT2D eigenvalue weighted by Gasteiger charge is -2.72. The van der Waals surface area contributed by atoms with Crippen molar-refractivity contribution < 1.29 is 34.1 Å². The molecular weight excluding hydrogens is 436 g/mol. The number of fused-ring (bicyclic) bond motifs is 2. The average Bonchev–Trinajstić information content (AvgIpc) is 2.93. The third kappa shape index (κ3) is 2.22. The van der Waals surface area contributed by atoms with Crippen molar-refractivity contribution in [3.63, 3.8) is 0 Å². The molecular formula is C27H30O7. The summed E-state index contributed by atoms with van der Waals surface area (Å²) in [6.07, 6.45) is -0.653. The molecule has 0 radical (unpaired) electrons. The fraction of sp³-hybridized carbons (Fsp3) is 0.593. The van der Waals surface area contributed by atoms with Crippen molar-refractivity contribution in [2.75, 3.05) is 6.61 Å². The monoisotopic (exact) mass is 466 g/mol. The Kier molecular flexibility index (Phi) is 4.33. The minimum absolute atomic E-state index is 0.0427. The Bertz CT molecular complexity index is 1130. The minimum atomic E-state index is -2.28. The molecule has 7 rings (SSSR count). The lowest BCUT2D eigenvalue weighted by molar-refractivity contribution is -0.436. The van der Waals surface area contributed by atoms with Crippen LogP contribution in [0.15, 0.2) is 42.5 Å². The van der Waals surface area contributed by atoms with Crippen LogP contribution < -0.4 is 0 Å². The largest absolute Gasteiger partial charge is 0.457 e. The highest BCUT2D eigenvalue weighted by molar-refractivity contribution is 6.06. The van der Waals surface area contributed by atoms with Crippen LogP contribution in [0, 0.1) is 34.0 Å². The van der Waals surface area contributed by atoms with Crippen LogP contribution in [0.2, 0.25) is 0 Å². The van der Waals surface area contributed by atoms with Crippen LogP contribution in [-0.2, 0) is 19.1 Å². The molecule has 8 atom stereocenters. The first-order valence-electron chi connectivity index (χ1n) is 12.1. The van der Waals surface area contributed by atoms with Crippen molar-refractivity contribution in [1.82, 2.24) is 0 Å². The summed E-state index contributed by atoms with van der Waals surface area (Å²) in [5, 5.41) is 23.8. The van der Waals surface area contributed by atoms with Gasteiger partial charge < -0.3 is 19.7 Å². The van der Waals surface area contributed by atoms with Gasteiger partial charge in [0.15, 0.2) is 5.78 Å². The van der Waals surface area contributed by atoms with Gasteiger partial charge in [-0.2, -0.15) is 0 Å². The summed E-state index contributed by atoms with van der Waals surface area (Å²) >= 11 is 0. The summed E-state index contributed by atoms with van der Waals surface area (Å²) < 4.78 is 12.0. The fourth-order valence-corrected chi connectivity index (χ4v) is 8.52. The van der Waals surface area contributed by atoms with Gasteiger partial charge in [0.1, 0.15) is 23.4 Å². The number of rotatable bonds is 2. The second-order valence-corrected chi connectivity index (χ2v) is 11.5. The lowest BCUT2D eigenvalue weighted by Crippen LogP contribution is -2.85. The summed E-state index contributed by atoms with van der Waals surface area (Å²) in [5.74, 6) is -5.09. The Morgan fingerprint density at radius 2 is 1.88 bits per heavy atom. The third-order valence-corrected chi connectivity index (χ3v) is 9.86. The predicted octanol–water partition coefficient (Wildman–Crippen LogP) is 2.45. The van der Waals surface area contributed by atoms with Gasteiger partial charge in [0, 0.05) is 18.3 Å². The highest BCUT2D eigenvalue weighted by Crippen LogP contribution is 2.76. The molecule has 4 saturated carbocycles. The van der Waals surface area contributed by atoms with Gasteiger partial charge in [0.05, 0.1) is 17.6 Å². The van der Waals surface area contributed by atoms with E-state index in [-0.39, 0.29) is 18.0 Å². The van der Waals surface area contributed by atoms with E-state index in [0.717, 1.165) is 0 Å². The molecule has 2 N–H and O–H groups in total. The number of Topliss-reactive ketones (excluding diaryl/α,β-unsaturated/α-hetero) is 2. The molecule has 2 saturated heterocycles. The summed E-state index contributed by atoms with van der Waals surface area (Å²) in [4.78, 5) is 40.8. The Hall–Kier alpha value is -2.35. The van der Waals surface area contributed by atoms with Crippen molar-refractivity contribution in [3.8, 4) is 0 Å². The van der Waals surface area contributed by atoms with E-state index in [0.29, 0.717) is 31.2 Å². The van der Waals surface area contributed by atoms with Gasteiger partial charge in [-0.3, -0.25) is 9.59 Å². The standard InChI is InChI=1S/C27H30O7/c1-14-16-9-10-17-25-13-33-27(32,21(30)19(25)24(2,3)12-11-18(25)28)26(17,20(14)29)22(16)34-23(31)15-7-5-4-6-8-15/h4-8,16-17,19,21-22,30,32H,1,9-13H2,2-3H3/t16-,17-,19+,21-,22+,25?,26?,27-/m0/s1.